The van der Waals surface area contributed by atoms with E-state index in [1.54, 1.807) is 17.8 Å². The summed E-state index contributed by atoms with van der Waals surface area (Å²) in [6, 6.07) is 9.92. The highest BCUT2D eigenvalue weighted by atomic mass is 32.2. The van der Waals surface area contributed by atoms with Crippen molar-refractivity contribution in [1.29, 1.82) is 0 Å². The molecule has 22 heavy (non-hydrogen) atoms. The van der Waals surface area contributed by atoms with E-state index in [0.29, 0.717) is 11.7 Å². The number of anilines is 1. The number of nitrogens with zero attached hydrogens (tertiary/aromatic N) is 2. The number of nitrogens with one attached hydrogen (secondary N) is 2. The van der Waals surface area contributed by atoms with E-state index in [0.717, 1.165) is 31.6 Å². The lowest BCUT2D eigenvalue weighted by atomic mass is 10.1. The SMILES string of the molecule is CSc1ccc(NC(=O)c2ccn(C3CCCNC3)n2)cc1. The number of aromatic nitrogens is 2. The molecule has 6 heteroatoms. The first-order chi connectivity index (χ1) is 10.8. The molecule has 0 radical (unpaired) electrons. The second-order valence-electron chi connectivity index (χ2n) is 5.36. The van der Waals surface area contributed by atoms with Crippen LogP contribution in [0.2, 0.25) is 0 Å². The van der Waals surface area contributed by atoms with Crippen molar-refractivity contribution in [1.82, 2.24) is 15.1 Å². The van der Waals surface area contributed by atoms with Crippen molar-refractivity contribution in [3.63, 3.8) is 0 Å². The van der Waals surface area contributed by atoms with Gasteiger partial charge in [-0.3, -0.25) is 9.48 Å². The van der Waals surface area contributed by atoms with Crippen LogP contribution < -0.4 is 10.6 Å². The van der Waals surface area contributed by atoms with Crippen LogP contribution in [0.3, 0.4) is 0 Å². The Morgan fingerprint density at radius 1 is 1.36 bits per heavy atom. The molecule has 2 heterocycles. The summed E-state index contributed by atoms with van der Waals surface area (Å²) in [4.78, 5) is 13.4. The maximum atomic E-state index is 12.3. The Morgan fingerprint density at radius 3 is 2.86 bits per heavy atom. The van der Waals surface area contributed by atoms with Gasteiger partial charge >= 0.3 is 0 Å². The van der Waals surface area contributed by atoms with Crippen molar-refractivity contribution in [3.05, 3.63) is 42.2 Å². The molecule has 1 aromatic heterocycles. The van der Waals surface area contributed by atoms with Gasteiger partial charge in [0.05, 0.1) is 6.04 Å². The summed E-state index contributed by atoms with van der Waals surface area (Å²) in [5.41, 5.74) is 1.25. The van der Waals surface area contributed by atoms with E-state index in [4.69, 9.17) is 0 Å². The quantitative estimate of drug-likeness (QED) is 0.852. The van der Waals surface area contributed by atoms with Gasteiger partial charge in [0.1, 0.15) is 0 Å². The second-order valence-corrected chi connectivity index (χ2v) is 6.24. The number of carbonyl (C=O) groups is 1. The average Bonchev–Trinajstić information content (AvgIpc) is 3.06. The fourth-order valence-electron chi connectivity index (χ4n) is 2.59. The number of amides is 1. The van der Waals surface area contributed by atoms with Crippen molar-refractivity contribution >= 4 is 23.4 Å². The Hall–Kier alpha value is -1.79. The van der Waals surface area contributed by atoms with E-state index in [9.17, 15) is 4.79 Å². The zero-order valence-corrected chi connectivity index (χ0v) is 13.4. The third-order valence-corrected chi connectivity index (χ3v) is 4.58. The molecular weight excluding hydrogens is 296 g/mol. The molecule has 3 rings (SSSR count). The molecule has 1 unspecified atom stereocenters. The van der Waals surface area contributed by atoms with Gasteiger partial charge in [0.15, 0.2) is 5.69 Å². The molecule has 5 nitrogen and oxygen atoms in total. The van der Waals surface area contributed by atoms with Gasteiger partial charge in [0, 0.05) is 23.3 Å². The molecule has 0 aliphatic carbocycles. The molecule has 2 aromatic rings. The maximum Gasteiger partial charge on any atom is 0.276 e. The van der Waals surface area contributed by atoms with Gasteiger partial charge in [-0.05, 0) is 56.0 Å². The van der Waals surface area contributed by atoms with Crippen LogP contribution in [0.1, 0.15) is 29.4 Å². The molecule has 1 atom stereocenters. The second kappa shape index (κ2) is 6.98. The average molecular weight is 316 g/mol. The molecule has 2 N–H and O–H groups in total. The number of piperidine rings is 1. The normalized spacial score (nSPS) is 18.1. The highest BCUT2D eigenvalue weighted by Crippen LogP contribution is 2.19. The van der Waals surface area contributed by atoms with Gasteiger partial charge in [-0.1, -0.05) is 0 Å². The Morgan fingerprint density at radius 2 is 2.18 bits per heavy atom. The van der Waals surface area contributed by atoms with Crippen LogP contribution in [0.15, 0.2) is 41.4 Å². The van der Waals surface area contributed by atoms with Crippen LogP contribution in [0.25, 0.3) is 0 Å². The molecule has 1 aliphatic rings. The van der Waals surface area contributed by atoms with Crippen LogP contribution in [0.4, 0.5) is 5.69 Å². The standard InChI is InChI=1S/C16H20N4OS/c1-22-14-6-4-12(5-7-14)18-16(21)15-8-10-20(19-15)13-3-2-9-17-11-13/h4-8,10,13,17H,2-3,9,11H2,1H3,(H,18,21). The van der Waals surface area contributed by atoms with Gasteiger partial charge in [-0.15, -0.1) is 11.8 Å². The third kappa shape index (κ3) is 3.51. The lowest BCUT2D eigenvalue weighted by Gasteiger charge is -2.22. The van der Waals surface area contributed by atoms with Crippen LogP contribution in [-0.2, 0) is 0 Å². The minimum atomic E-state index is -0.167. The van der Waals surface area contributed by atoms with Crippen LogP contribution >= 0.6 is 11.8 Å². The Kier molecular flexibility index (Phi) is 4.80. The summed E-state index contributed by atoms with van der Waals surface area (Å²) in [6.45, 7) is 1.98. The van der Waals surface area contributed by atoms with Crippen molar-refractivity contribution in [2.75, 3.05) is 24.7 Å². The first kappa shape index (κ1) is 15.1. The molecule has 0 spiro atoms. The van der Waals surface area contributed by atoms with Crippen molar-refractivity contribution in [2.24, 2.45) is 0 Å². The van der Waals surface area contributed by atoms with Crippen molar-refractivity contribution in [3.8, 4) is 0 Å². The molecule has 116 valence electrons. The van der Waals surface area contributed by atoms with Crippen LogP contribution in [0.5, 0.6) is 0 Å². The zero-order valence-electron chi connectivity index (χ0n) is 12.6. The molecule has 1 amide bonds. The van der Waals surface area contributed by atoms with Gasteiger partial charge < -0.3 is 10.6 Å². The van der Waals surface area contributed by atoms with Gasteiger partial charge in [0.25, 0.3) is 5.91 Å². The van der Waals surface area contributed by atoms with Crippen molar-refractivity contribution < 1.29 is 4.79 Å². The van der Waals surface area contributed by atoms with Gasteiger partial charge in [0.2, 0.25) is 0 Å². The lowest BCUT2D eigenvalue weighted by molar-refractivity contribution is 0.102. The smallest absolute Gasteiger partial charge is 0.276 e. The summed E-state index contributed by atoms with van der Waals surface area (Å²) < 4.78 is 1.90. The molecule has 1 saturated heterocycles. The molecule has 0 bridgehead atoms. The fourth-order valence-corrected chi connectivity index (χ4v) is 3.00. The zero-order chi connectivity index (χ0) is 15.4. The van der Waals surface area contributed by atoms with Crippen LogP contribution in [-0.4, -0.2) is 35.0 Å². The summed E-state index contributed by atoms with van der Waals surface area (Å²) >= 11 is 1.68. The Labute approximate surface area is 134 Å². The Bertz CT molecular complexity index is 632. The monoisotopic (exact) mass is 316 g/mol. The van der Waals surface area contributed by atoms with Crippen molar-refractivity contribution in [2.45, 2.75) is 23.8 Å². The first-order valence-electron chi connectivity index (χ1n) is 7.47. The van der Waals surface area contributed by atoms with E-state index in [1.165, 1.54) is 4.90 Å². The number of benzene rings is 1. The Balaban J connectivity index is 1.65. The minimum Gasteiger partial charge on any atom is -0.321 e. The number of hydrogen-bond acceptors (Lipinski definition) is 4. The molecular formula is C16H20N4OS. The molecule has 1 aliphatic heterocycles. The van der Waals surface area contributed by atoms with E-state index in [2.05, 4.69) is 15.7 Å². The minimum absolute atomic E-state index is 0.167. The van der Waals surface area contributed by atoms with E-state index in [-0.39, 0.29) is 5.91 Å². The van der Waals surface area contributed by atoms with Crippen LogP contribution in [0, 0.1) is 0 Å². The van der Waals surface area contributed by atoms with Gasteiger partial charge in [-0.2, -0.15) is 5.10 Å². The molecule has 0 saturated carbocycles. The number of carbonyl (C=O) groups excluding carboxylic acids is 1. The fraction of sp³-hybridized carbons (Fsp3) is 0.375. The summed E-state index contributed by atoms with van der Waals surface area (Å²) in [7, 11) is 0. The van der Waals surface area contributed by atoms with E-state index in [1.807, 2.05) is 41.4 Å². The number of hydrogen-bond donors (Lipinski definition) is 2. The topological polar surface area (TPSA) is 59.0 Å². The molecule has 1 fully saturated rings. The summed E-state index contributed by atoms with van der Waals surface area (Å²) in [6.07, 6.45) is 6.17. The number of thioether (sulfide) groups is 1. The largest absolute Gasteiger partial charge is 0.321 e. The maximum absolute atomic E-state index is 12.3. The van der Waals surface area contributed by atoms with E-state index >= 15 is 0 Å². The van der Waals surface area contributed by atoms with E-state index < -0.39 is 0 Å². The molecule has 1 aromatic carbocycles. The first-order valence-corrected chi connectivity index (χ1v) is 8.70. The third-order valence-electron chi connectivity index (χ3n) is 3.83. The highest BCUT2D eigenvalue weighted by molar-refractivity contribution is 7.98. The predicted octanol–water partition coefficient (Wildman–Crippen LogP) is 2.78. The summed E-state index contributed by atoms with van der Waals surface area (Å²) in [5.74, 6) is -0.167. The highest BCUT2D eigenvalue weighted by Gasteiger charge is 2.17. The number of rotatable bonds is 4. The van der Waals surface area contributed by atoms with Gasteiger partial charge in [-0.25, -0.2) is 0 Å². The lowest BCUT2D eigenvalue weighted by Crippen LogP contribution is -2.32. The summed E-state index contributed by atoms with van der Waals surface area (Å²) in [5, 5.41) is 10.7. The predicted molar refractivity (Wildman–Crippen MR) is 89.5 cm³/mol.